The van der Waals surface area contributed by atoms with Gasteiger partial charge in [0.25, 0.3) is 5.91 Å². The number of thioether (sulfide) groups is 1. The summed E-state index contributed by atoms with van der Waals surface area (Å²) >= 11 is 1.16. The third-order valence-electron chi connectivity index (χ3n) is 3.22. The van der Waals surface area contributed by atoms with Crippen LogP contribution < -0.4 is 5.32 Å². The van der Waals surface area contributed by atoms with Crippen molar-refractivity contribution in [3.05, 3.63) is 47.3 Å². The number of carbonyl (C=O) groups is 3. The van der Waals surface area contributed by atoms with Gasteiger partial charge < -0.3 is 10.1 Å². The Bertz CT molecular complexity index is 801. The van der Waals surface area contributed by atoms with Crippen molar-refractivity contribution in [2.24, 2.45) is 0 Å². The van der Waals surface area contributed by atoms with E-state index in [4.69, 9.17) is 4.74 Å². The van der Waals surface area contributed by atoms with Gasteiger partial charge in [0.1, 0.15) is 0 Å². The molecule has 2 rings (SSSR count). The zero-order chi connectivity index (χ0) is 19.1. The summed E-state index contributed by atoms with van der Waals surface area (Å²) in [4.78, 5) is 43.2. The number of nitrogens with one attached hydrogen (secondary N) is 1. The van der Waals surface area contributed by atoms with Crippen LogP contribution in [-0.4, -0.2) is 40.0 Å². The second kappa shape index (κ2) is 9.10. The smallest absolute Gasteiger partial charge is 0.316 e. The summed E-state index contributed by atoms with van der Waals surface area (Å²) in [6, 6.07) is 8.30. The molecule has 1 amide bonds. The largest absolute Gasteiger partial charge is 0.455 e. The van der Waals surface area contributed by atoms with Gasteiger partial charge in [0, 0.05) is 22.6 Å². The molecular weight excluding hydrogens is 354 g/mol. The molecule has 2 aromatic rings. The molecule has 7 nitrogen and oxygen atoms in total. The molecule has 1 aromatic heterocycles. The SMILES string of the molecule is CC(=O)c1ccc(NC(=O)COC(=O)CSc2nc(C)cc(C)n2)cc1. The fourth-order valence-corrected chi connectivity index (χ4v) is 2.80. The molecule has 0 atom stereocenters. The minimum absolute atomic E-state index is 0.0173. The Labute approximate surface area is 155 Å². The number of nitrogens with zero attached hydrogens (tertiary/aromatic N) is 2. The predicted molar refractivity (Wildman–Crippen MR) is 98.3 cm³/mol. The summed E-state index contributed by atoms with van der Waals surface area (Å²) in [5.41, 5.74) is 2.72. The maximum atomic E-state index is 11.8. The number of ether oxygens (including phenoxy) is 1. The second-order valence-electron chi connectivity index (χ2n) is 5.56. The highest BCUT2D eigenvalue weighted by Crippen LogP contribution is 2.14. The number of esters is 1. The summed E-state index contributed by atoms with van der Waals surface area (Å²) in [5.74, 6) is -1.02. The number of benzene rings is 1. The summed E-state index contributed by atoms with van der Waals surface area (Å²) in [5, 5.41) is 3.09. The number of anilines is 1. The first-order valence-corrected chi connectivity index (χ1v) is 8.83. The third-order valence-corrected chi connectivity index (χ3v) is 4.04. The van der Waals surface area contributed by atoms with Gasteiger partial charge in [0.05, 0.1) is 5.75 Å². The lowest BCUT2D eigenvalue weighted by Crippen LogP contribution is -2.21. The van der Waals surface area contributed by atoms with Gasteiger partial charge in [0.15, 0.2) is 17.5 Å². The molecule has 0 saturated carbocycles. The third kappa shape index (κ3) is 6.29. The average molecular weight is 373 g/mol. The Hall–Kier alpha value is -2.74. The average Bonchev–Trinajstić information content (AvgIpc) is 2.58. The van der Waals surface area contributed by atoms with Gasteiger partial charge in [-0.3, -0.25) is 14.4 Å². The Morgan fingerprint density at radius 1 is 1.08 bits per heavy atom. The van der Waals surface area contributed by atoms with Crippen molar-refractivity contribution in [3.8, 4) is 0 Å². The quantitative estimate of drug-likeness (QED) is 0.345. The first-order chi connectivity index (χ1) is 12.3. The van der Waals surface area contributed by atoms with Crippen molar-refractivity contribution in [1.82, 2.24) is 9.97 Å². The van der Waals surface area contributed by atoms with E-state index in [2.05, 4.69) is 15.3 Å². The van der Waals surface area contributed by atoms with Gasteiger partial charge in [-0.05, 0) is 51.1 Å². The zero-order valence-corrected chi connectivity index (χ0v) is 15.6. The first kappa shape index (κ1) is 19.6. The van der Waals surface area contributed by atoms with Crippen LogP contribution in [-0.2, 0) is 14.3 Å². The molecule has 0 fully saturated rings. The highest BCUT2D eigenvalue weighted by molar-refractivity contribution is 7.99. The van der Waals surface area contributed by atoms with Crippen molar-refractivity contribution >= 4 is 35.1 Å². The second-order valence-corrected chi connectivity index (χ2v) is 6.51. The van der Waals surface area contributed by atoms with Crippen LogP contribution >= 0.6 is 11.8 Å². The number of amides is 1. The van der Waals surface area contributed by atoms with E-state index >= 15 is 0 Å². The number of hydrogen-bond acceptors (Lipinski definition) is 7. The van der Waals surface area contributed by atoms with E-state index in [1.165, 1.54) is 6.92 Å². The molecule has 0 aliphatic heterocycles. The Balaban J connectivity index is 1.75. The predicted octanol–water partition coefficient (Wildman–Crippen LogP) is 2.57. The number of carbonyl (C=O) groups excluding carboxylic acids is 3. The normalized spacial score (nSPS) is 10.3. The molecule has 1 aromatic carbocycles. The molecule has 0 spiro atoms. The number of hydrogen-bond donors (Lipinski definition) is 1. The molecule has 0 saturated heterocycles. The van der Waals surface area contributed by atoms with Crippen LogP contribution in [0.3, 0.4) is 0 Å². The van der Waals surface area contributed by atoms with Crippen LogP contribution in [0.4, 0.5) is 5.69 Å². The van der Waals surface area contributed by atoms with Crippen LogP contribution in [0.25, 0.3) is 0 Å². The van der Waals surface area contributed by atoms with E-state index < -0.39 is 11.9 Å². The number of aryl methyl sites for hydroxylation is 2. The maximum absolute atomic E-state index is 11.8. The van der Waals surface area contributed by atoms with Gasteiger partial charge in [-0.15, -0.1) is 0 Å². The maximum Gasteiger partial charge on any atom is 0.316 e. The molecule has 136 valence electrons. The standard InChI is InChI=1S/C18H19N3O4S/c1-11-8-12(2)20-18(19-11)26-10-17(24)25-9-16(23)21-15-6-4-14(5-7-15)13(3)22/h4-8H,9-10H2,1-3H3,(H,21,23). The topological polar surface area (TPSA) is 98.2 Å². The summed E-state index contributed by atoms with van der Waals surface area (Å²) in [6.07, 6.45) is 0. The molecular formula is C18H19N3O4S. The Morgan fingerprint density at radius 3 is 2.27 bits per heavy atom. The summed E-state index contributed by atoms with van der Waals surface area (Å²) in [6.45, 7) is 4.78. The molecule has 1 N–H and O–H groups in total. The number of rotatable bonds is 7. The highest BCUT2D eigenvalue weighted by Gasteiger charge is 2.10. The summed E-state index contributed by atoms with van der Waals surface area (Å²) < 4.78 is 4.94. The van der Waals surface area contributed by atoms with E-state index in [0.29, 0.717) is 16.4 Å². The van der Waals surface area contributed by atoms with Gasteiger partial charge in [-0.25, -0.2) is 9.97 Å². The Kier molecular flexibility index (Phi) is 6.85. The number of aromatic nitrogens is 2. The van der Waals surface area contributed by atoms with Gasteiger partial charge in [0.2, 0.25) is 0 Å². The lowest BCUT2D eigenvalue weighted by molar-refractivity contribution is -0.144. The molecule has 0 radical (unpaired) electrons. The van der Waals surface area contributed by atoms with Crippen LogP contribution in [0, 0.1) is 13.8 Å². The van der Waals surface area contributed by atoms with E-state index in [-0.39, 0.29) is 18.1 Å². The molecule has 8 heteroatoms. The van der Waals surface area contributed by atoms with Gasteiger partial charge in [-0.2, -0.15) is 0 Å². The van der Waals surface area contributed by atoms with Crippen LogP contribution in [0.2, 0.25) is 0 Å². The monoisotopic (exact) mass is 373 g/mol. The highest BCUT2D eigenvalue weighted by atomic mass is 32.2. The first-order valence-electron chi connectivity index (χ1n) is 7.85. The molecule has 26 heavy (non-hydrogen) atoms. The number of ketones is 1. The fraction of sp³-hybridized carbons (Fsp3) is 0.278. The Morgan fingerprint density at radius 2 is 1.69 bits per heavy atom. The molecule has 1 heterocycles. The van der Waals surface area contributed by atoms with Crippen molar-refractivity contribution in [3.63, 3.8) is 0 Å². The van der Waals surface area contributed by atoms with Crippen LogP contribution in [0.15, 0.2) is 35.5 Å². The van der Waals surface area contributed by atoms with Gasteiger partial charge in [-0.1, -0.05) is 11.8 Å². The van der Waals surface area contributed by atoms with Crippen molar-refractivity contribution < 1.29 is 19.1 Å². The van der Waals surface area contributed by atoms with E-state index in [1.54, 1.807) is 24.3 Å². The minimum Gasteiger partial charge on any atom is -0.455 e. The van der Waals surface area contributed by atoms with E-state index in [1.807, 2.05) is 19.9 Å². The molecule has 0 unspecified atom stereocenters. The lowest BCUT2D eigenvalue weighted by atomic mass is 10.1. The van der Waals surface area contributed by atoms with Crippen molar-refractivity contribution in [2.75, 3.05) is 17.7 Å². The molecule has 0 aliphatic rings. The zero-order valence-electron chi connectivity index (χ0n) is 14.7. The molecule has 0 bridgehead atoms. The summed E-state index contributed by atoms with van der Waals surface area (Å²) in [7, 11) is 0. The van der Waals surface area contributed by atoms with Crippen LogP contribution in [0.5, 0.6) is 0 Å². The van der Waals surface area contributed by atoms with Crippen LogP contribution in [0.1, 0.15) is 28.7 Å². The fourth-order valence-electron chi connectivity index (χ4n) is 2.05. The van der Waals surface area contributed by atoms with Crippen molar-refractivity contribution in [2.45, 2.75) is 25.9 Å². The molecule has 0 aliphatic carbocycles. The number of Topliss-reactive ketones (excluding diaryl/α,β-unsaturated/α-hetero) is 1. The van der Waals surface area contributed by atoms with Crippen molar-refractivity contribution in [1.29, 1.82) is 0 Å². The van der Waals surface area contributed by atoms with E-state index in [0.717, 1.165) is 23.1 Å². The van der Waals surface area contributed by atoms with Gasteiger partial charge >= 0.3 is 5.97 Å². The lowest BCUT2D eigenvalue weighted by Gasteiger charge is -2.07. The minimum atomic E-state index is -0.528. The van der Waals surface area contributed by atoms with E-state index in [9.17, 15) is 14.4 Å².